The number of carbonyl (C=O) groups excluding carboxylic acids is 2. The van der Waals surface area contributed by atoms with Crippen LogP contribution in [0.15, 0.2) is 70.0 Å². The van der Waals surface area contributed by atoms with E-state index < -0.39 is 32.9 Å². The van der Waals surface area contributed by atoms with Crippen molar-refractivity contribution in [2.24, 2.45) is 22.7 Å². The molecule has 0 aliphatic carbocycles. The molecule has 1 fully saturated rings. The summed E-state index contributed by atoms with van der Waals surface area (Å²) in [5.74, 6) is -1.03. The van der Waals surface area contributed by atoms with E-state index in [9.17, 15) is 23.1 Å². The van der Waals surface area contributed by atoms with Gasteiger partial charge in [0.15, 0.2) is 9.84 Å². The van der Waals surface area contributed by atoms with E-state index in [1.54, 1.807) is 35.8 Å². The van der Waals surface area contributed by atoms with E-state index in [0.29, 0.717) is 38.2 Å². The lowest BCUT2D eigenvalue weighted by atomic mass is 9.94. The Morgan fingerprint density at radius 2 is 1.84 bits per heavy atom. The third-order valence-electron chi connectivity index (χ3n) is 8.98. The Morgan fingerprint density at radius 1 is 1.14 bits per heavy atom. The van der Waals surface area contributed by atoms with Gasteiger partial charge in [0, 0.05) is 44.4 Å². The largest absolute Gasteiger partial charge is 0.411 e. The van der Waals surface area contributed by atoms with Gasteiger partial charge in [0.05, 0.1) is 23.3 Å². The number of amides is 3. The lowest BCUT2D eigenvalue weighted by Crippen LogP contribution is -2.59. The van der Waals surface area contributed by atoms with E-state index in [2.05, 4.69) is 20.8 Å². The predicted octanol–water partition coefficient (Wildman–Crippen LogP) is 3.55. The quantitative estimate of drug-likeness (QED) is 0.0565. The van der Waals surface area contributed by atoms with Crippen LogP contribution in [0.2, 0.25) is 0 Å². The number of oxime groups is 1. The second-order valence-electron chi connectivity index (χ2n) is 13.1. The minimum Gasteiger partial charge on any atom is -0.411 e. The van der Waals surface area contributed by atoms with Crippen LogP contribution in [-0.4, -0.2) is 88.4 Å². The number of carbonyl (C=O) groups is 2. The maximum absolute atomic E-state index is 14.2. The van der Waals surface area contributed by atoms with E-state index >= 15 is 0 Å². The first kappa shape index (κ1) is 38.9. The molecule has 1 saturated heterocycles. The van der Waals surface area contributed by atoms with Crippen LogP contribution in [0.1, 0.15) is 62.4 Å². The Morgan fingerprint density at radius 3 is 2.44 bits per heavy atom. The number of sulfone groups is 1. The number of nitrogens with one attached hydrogen (secondary N) is 2. The van der Waals surface area contributed by atoms with Gasteiger partial charge in [-0.25, -0.2) is 18.2 Å². The van der Waals surface area contributed by atoms with Crippen molar-refractivity contribution in [3.8, 4) is 0 Å². The van der Waals surface area contributed by atoms with Crippen LogP contribution in [0, 0.1) is 11.8 Å². The standard InChI is InChI=1S/C35H49N7O6S2/c1-5-25(4)31(42-18-17-41(34(42)44)22-28-23-49-30(20-36)39-28)32(43)40-35(45,19-26-9-7-6-8-10-26)15-16-37-33(24(2)3)50(47,48)29-13-11-27(12-14-29)21-38-46/h6-14,21,23-25,31,33,37,45-46H,5,15-20,22,36H2,1-4H3,(H,40,43)/b38-21+/t25-,31-,33-,35+/m0/s1. The van der Waals surface area contributed by atoms with Gasteiger partial charge in [-0.05, 0) is 35.1 Å². The fourth-order valence-electron chi connectivity index (χ4n) is 6.16. The smallest absolute Gasteiger partial charge is 0.321 e. The highest BCUT2D eigenvalue weighted by Gasteiger charge is 2.42. The molecule has 1 aliphatic rings. The van der Waals surface area contributed by atoms with Crippen LogP contribution >= 0.6 is 11.3 Å². The summed E-state index contributed by atoms with van der Waals surface area (Å²) in [6, 6.07) is 14.1. The van der Waals surface area contributed by atoms with Gasteiger partial charge < -0.3 is 36.5 Å². The molecule has 0 bridgehead atoms. The van der Waals surface area contributed by atoms with Gasteiger partial charge in [-0.3, -0.25) is 4.79 Å². The van der Waals surface area contributed by atoms with Crippen LogP contribution in [0.5, 0.6) is 0 Å². The minimum absolute atomic E-state index is 0.0150. The van der Waals surface area contributed by atoms with Gasteiger partial charge in [-0.1, -0.05) is 81.7 Å². The van der Waals surface area contributed by atoms with E-state index in [4.69, 9.17) is 10.9 Å². The monoisotopic (exact) mass is 727 g/mol. The summed E-state index contributed by atoms with van der Waals surface area (Å²) in [4.78, 5) is 35.6. The predicted molar refractivity (Wildman–Crippen MR) is 193 cm³/mol. The zero-order chi connectivity index (χ0) is 36.5. The Hall–Kier alpha value is -3.89. The van der Waals surface area contributed by atoms with Gasteiger partial charge in [0.1, 0.15) is 22.1 Å². The number of hydrogen-bond acceptors (Lipinski definition) is 11. The zero-order valence-electron chi connectivity index (χ0n) is 29.0. The third-order valence-corrected chi connectivity index (χ3v) is 12.2. The number of nitrogens with two attached hydrogens (primary N) is 1. The second-order valence-corrected chi connectivity index (χ2v) is 16.1. The third kappa shape index (κ3) is 9.66. The molecule has 13 nitrogen and oxygen atoms in total. The van der Waals surface area contributed by atoms with Gasteiger partial charge >= 0.3 is 6.03 Å². The minimum atomic E-state index is -3.85. The van der Waals surface area contributed by atoms with Gasteiger partial charge in [0.2, 0.25) is 5.91 Å². The van der Waals surface area contributed by atoms with Crippen molar-refractivity contribution in [3.63, 3.8) is 0 Å². The zero-order valence-corrected chi connectivity index (χ0v) is 30.7. The first-order chi connectivity index (χ1) is 23.8. The number of aromatic nitrogens is 1. The summed E-state index contributed by atoms with van der Waals surface area (Å²) in [6.07, 6.45) is 1.88. The lowest BCUT2D eigenvalue weighted by Gasteiger charge is -2.36. The highest BCUT2D eigenvalue weighted by Crippen LogP contribution is 2.25. The summed E-state index contributed by atoms with van der Waals surface area (Å²) in [5, 5.41) is 31.5. The molecule has 3 aromatic rings. The number of hydrogen-bond donors (Lipinski definition) is 5. The number of rotatable bonds is 18. The molecule has 4 atom stereocenters. The van der Waals surface area contributed by atoms with Crippen LogP contribution < -0.4 is 16.4 Å². The normalized spacial score (nSPS) is 16.9. The van der Waals surface area contributed by atoms with E-state index in [0.717, 1.165) is 16.3 Å². The summed E-state index contributed by atoms with van der Waals surface area (Å²) in [7, 11) is -3.85. The average molecular weight is 728 g/mol. The van der Waals surface area contributed by atoms with E-state index in [1.165, 1.54) is 29.7 Å². The molecule has 6 N–H and O–H groups in total. The maximum Gasteiger partial charge on any atom is 0.321 e. The maximum atomic E-state index is 14.2. The number of nitrogens with zero attached hydrogens (tertiary/aromatic N) is 4. The summed E-state index contributed by atoms with van der Waals surface area (Å²) in [6.45, 7) is 8.91. The molecule has 50 heavy (non-hydrogen) atoms. The van der Waals surface area contributed by atoms with Crippen molar-refractivity contribution in [3.05, 3.63) is 81.8 Å². The molecular weight excluding hydrogens is 679 g/mol. The number of thiazole rings is 1. The number of benzene rings is 2. The van der Waals surface area contributed by atoms with Gasteiger partial charge in [0.25, 0.3) is 0 Å². The first-order valence-corrected chi connectivity index (χ1v) is 19.3. The summed E-state index contributed by atoms with van der Waals surface area (Å²) >= 11 is 1.44. The van der Waals surface area contributed by atoms with Crippen molar-refractivity contribution < 1.29 is 28.3 Å². The molecule has 4 rings (SSSR count). The molecule has 0 spiro atoms. The Bertz CT molecular complexity index is 1700. The van der Waals surface area contributed by atoms with Crippen molar-refractivity contribution >= 4 is 39.3 Å². The molecule has 1 aromatic heterocycles. The van der Waals surface area contributed by atoms with E-state index in [1.807, 2.05) is 49.6 Å². The van der Waals surface area contributed by atoms with Crippen molar-refractivity contribution in [2.45, 2.75) is 82.1 Å². The summed E-state index contributed by atoms with van der Waals surface area (Å²) < 4.78 is 27.3. The lowest BCUT2D eigenvalue weighted by molar-refractivity contribution is -0.135. The number of aliphatic hydroxyl groups is 1. The molecule has 3 amide bonds. The summed E-state index contributed by atoms with van der Waals surface area (Å²) in [5.41, 5.74) is 6.01. The topological polar surface area (TPSA) is 191 Å². The van der Waals surface area contributed by atoms with Crippen LogP contribution in [0.25, 0.3) is 0 Å². The Balaban J connectivity index is 1.52. The van der Waals surface area contributed by atoms with Crippen LogP contribution in [0.3, 0.4) is 0 Å². The second kappa shape index (κ2) is 17.4. The van der Waals surface area contributed by atoms with Crippen LogP contribution in [0.4, 0.5) is 4.79 Å². The molecule has 2 heterocycles. The van der Waals surface area contributed by atoms with Gasteiger partial charge in [-0.15, -0.1) is 11.3 Å². The van der Waals surface area contributed by atoms with Crippen LogP contribution in [-0.2, 0) is 34.1 Å². The molecule has 0 unspecified atom stereocenters. The Labute approximate surface area is 298 Å². The molecule has 0 radical (unpaired) electrons. The fraction of sp³-hybridized carbons (Fsp3) is 0.486. The fourth-order valence-corrected chi connectivity index (χ4v) is 8.69. The Kier molecular flexibility index (Phi) is 13.5. The first-order valence-electron chi connectivity index (χ1n) is 16.8. The van der Waals surface area contributed by atoms with Gasteiger partial charge in [-0.2, -0.15) is 0 Å². The molecule has 0 saturated carbocycles. The molecule has 1 aliphatic heterocycles. The molecular formula is C35H49N7O6S2. The number of urea groups is 1. The molecule has 15 heteroatoms. The average Bonchev–Trinajstić information content (AvgIpc) is 3.69. The van der Waals surface area contributed by atoms with Crippen molar-refractivity contribution in [2.75, 3.05) is 19.6 Å². The van der Waals surface area contributed by atoms with Crippen molar-refractivity contribution in [1.29, 1.82) is 0 Å². The van der Waals surface area contributed by atoms with E-state index in [-0.39, 0.29) is 42.1 Å². The molecule has 272 valence electrons. The molecule has 2 aromatic carbocycles. The SMILES string of the molecule is CC[C@H](C)[C@@H](C(=O)N[C@@](O)(CCN[C@H](C(C)C)S(=O)(=O)c1ccc(/C=N/O)cc1)Cc1ccccc1)N1CCN(Cc2csc(CN)n2)C1=O. The van der Waals surface area contributed by atoms with Crippen molar-refractivity contribution in [1.82, 2.24) is 25.4 Å². The highest BCUT2D eigenvalue weighted by atomic mass is 32.2. The highest BCUT2D eigenvalue weighted by molar-refractivity contribution is 7.92.